The van der Waals surface area contributed by atoms with Gasteiger partial charge in [0.15, 0.2) is 5.96 Å². The number of halogens is 1. The largest absolute Gasteiger partial charge is 0.450 e. The molecule has 0 aromatic carbocycles. The summed E-state index contributed by atoms with van der Waals surface area (Å²) in [6, 6.07) is 3.99. The number of anilines is 1. The van der Waals surface area contributed by atoms with Crippen LogP contribution in [0.5, 0.6) is 0 Å². The third-order valence-electron chi connectivity index (χ3n) is 4.05. The van der Waals surface area contributed by atoms with Crippen LogP contribution in [0.3, 0.4) is 0 Å². The lowest BCUT2D eigenvalue weighted by molar-refractivity contribution is 0.0914. The number of ether oxygens (including phenoxy) is 1. The maximum Gasteiger partial charge on any atom is 0.409 e. The van der Waals surface area contributed by atoms with E-state index in [2.05, 4.69) is 26.3 Å². The fourth-order valence-corrected chi connectivity index (χ4v) is 2.79. The minimum Gasteiger partial charge on any atom is -0.450 e. The van der Waals surface area contributed by atoms with Crippen molar-refractivity contribution in [2.75, 3.05) is 58.8 Å². The lowest BCUT2D eigenvalue weighted by atomic mass is 10.2. The molecule has 1 amide bonds. The second kappa shape index (κ2) is 11.0. The molecule has 146 valence electrons. The van der Waals surface area contributed by atoms with Gasteiger partial charge in [-0.25, -0.2) is 9.78 Å². The molecule has 0 unspecified atom stereocenters. The smallest absolute Gasteiger partial charge is 0.409 e. The van der Waals surface area contributed by atoms with Gasteiger partial charge in [0.2, 0.25) is 0 Å². The highest BCUT2D eigenvalue weighted by atomic mass is 127. The van der Waals surface area contributed by atoms with E-state index < -0.39 is 0 Å². The predicted octanol–water partition coefficient (Wildman–Crippen LogP) is 1.62. The van der Waals surface area contributed by atoms with E-state index in [4.69, 9.17) is 4.74 Å². The van der Waals surface area contributed by atoms with Gasteiger partial charge in [-0.2, -0.15) is 0 Å². The lowest BCUT2D eigenvalue weighted by Gasteiger charge is -2.36. The summed E-state index contributed by atoms with van der Waals surface area (Å²) in [5, 5.41) is 3.39. The fraction of sp³-hybridized carbons (Fsp3) is 0.588. The number of hydrogen-bond donors (Lipinski definition) is 1. The van der Waals surface area contributed by atoms with Crippen molar-refractivity contribution in [3.05, 3.63) is 23.9 Å². The molecule has 26 heavy (non-hydrogen) atoms. The number of rotatable bonds is 4. The molecule has 2 heterocycles. The van der Waals surface area contributed by atoms with Gasteiger partial charge in [-0.15, -0.1) is 24.0 Å². The van der Waals surface area contributed by atoms with Gasteiger partial charge in [0, 0.05) is 65.6 Å². The van der Waals surface area contributed by atoms with Crippen LogP contribution in [0.4, 0.5) is 10.6 Å². The molecule has 0 aliphatic carbocycles. The third-order valence-corrected chi connectivity index (χ3v) is 4.05. The Morgan fingerprint density at radius 1 is 1.31 bits per heavy atom. The van der Waals surface area contributed by atoms with Crippen LogP contribution in [0.1, 0.15) is 12.5 Å². The van der Waals surface area contributed by atoms with Gasteiger partial charge in [0.1, 0.15) is 5.82 Å². The van der Waals surface area contributed by atoms with Crippen molar-refractivity contribution in [1.82, 2.24) is 20.1 Å². The molecule has 0 radical (unpaired) electrons. The van der Waals surface area contributed by atoms with Crippen molar-refractivity contribution in [3.8, 4) is 0 Å². The molecule has 0 bridgehead atoms. The first-order valence-electron chi connectivity index (χ1n) is 8.55. The maximum absolute atomic E-state index is 11.8. The number of nitrogens with zero attached hydrogens (tertiary/aromatic N) is 5. The van der Waals surface area contributed by atoms with Crippen LogP contribution in [0.25, 0.3) is 0 Å². The predicted molar refractivity (Wildman–Crippen MR) is 114 cm³/mol. The van der Waals surface area contributed by atoms with Gasteiger partial charge in [0.25, 0.3) is 0 Å². The summed E-state index contributed by atoms with van der Waals surface area (Å²) in [5.41, 5.74) is 1.11. The Morgan fingerprint density at radius 3 is 2.54 bits per heavy atom. The molecule has 1 aromatic rings. The van der Waals surface area contributed by atoms with Crippen LogP contribution in [0, 0.1) is 0 Å². The standard InChI is InChI=1S/C17H28N6O2.HI/c1-5-25-17(24)23-11-9-22(10-12-23)16(18-2)20-13-14-7-6-8-19-15(14)21(3)4;/h6-8H,5,9-13H2,1-4H3,(H,18,20);1H. The summed E-state index contributed by atoms with van der Waals surface area (Å²) in [4.78, 5) is 26.5. The molecule has 0 saturated carbocycles. The topological polar surface area (TPSA) is 73.3 Å². The van der Waals surface area contributed by atoms with Gasteiger partial charge < -0.3 is 24.8 Å². The van der Waals surface area contributed by atoms with E-state index in [1.807, 2.05) is 32.0 Å². The number of pyridine rings is 1. The average molecular weight is 476 g/mol. The zero-order valence-electron chi connectivity index (χ0n) is 15.9. The summed E-state index contributed by atoms with van der Waals surface area (Å²) in [5.74, 6) is 1.77. The van der Waals surface area contributed by atoms with Crippen LogP contribution < -0.4 is 10.2 Å². The van der Waals surface area contributed by atoms with E-state index in [1.165, 1.54) is 0 Å². The summed E-state index contributed by atoms with van der Waals surface area (Å²) < 4.78 is 5.06. The van der Waals surface area contributed by atoms with Crippen molar-refractivity contribution in [2.45, 2.75) is 13.5 Å². The first-order chi connectivity index (χ1) is 12.1. The number of piperazine rings is 1. The summed E-state index contributed by atoms with van der Waals surface area (Å²) in [6.07, 6.45) is 1.55. The Kier molecular flexibility index (Phi) is 9.46. The summed E-state index contributed by atoms with van der Waals surface area (Å²) in [7, 11) is 5.74. The van der Waals surface area contributed by atoms with E-state index in [1.54, 1.807) is 18.1 Å². The second-order valence-electron chi connectivity index (χ2n) is 5.95. The maximum atomic E-state index is 11.8. The zero-order chi connectivity index (χ0) is 18.2. The number of carbonyl (C=O) groups is 1. The van der Waals surface area contributed by atoms with E-state index in [0.29, 0.717) is 26.2 Å². The van der Waals surface area contributed by atoms with Gasteiger partial charge >= 0.3 is 6.09 Å². The molecule has 1 saturated heterocycles. The third kappa shape index (κ3) is 5.89. The molecule has 1 fully saturated rings. The number of aromatic nitrogens is 1. The Labute approximate surface area is 172 Å². The van der Waals surface area contributed by atoms with Crippen molar-refractivity contribution in [2.24, 2.45) is 4.99 Å². The molecule has 2 rings (SSSR count). The number of amides is 1. The Morgan fingerprint density at radius 2 is 1.96 bits per heavy atom. The quantitative estimate of drug-likeness (QED) is 0.405. The number of aliphatic imine (C=N–C) groups is 1. The monoisotopic (exact) mass is 476 g/mol. The highest BCUT2D eigenvalue weighted by Crippen LogP contribution is 2.14. The zero-order valence-corrected chi connectivity index (χ0v) is 18.3. The molecule has 1 aliphatic heterocycles. The van der Waals surface area contributed by atoms with Crippen LogP contribution in [0.15, 0.2) is 23.3 Å². The highest BCUT2D eigenvalue weighted by molar-refractivity contribution is 14.0. The highest BCUT2D eigenvalue weighted by Gasteiger charge is 2.23. The fourth-order valence-electron chi connectivity index (χ4n) is 2.79. The van der Waals surface area contributed by atoms with E-state index >= 15 is 0 Å². The summed E-state index contributed by atoms with van der Waals surface area (Å²) >= 11 is 0. The molecular weight excluding hydrogens is 447 g/mol. The normalized spacial score (nSPS) is 14.5. The van der Waals surface area contributed by atoms with Crippen LogP contribution >= 0.6 is 24.0 Å². The first kappa shape index (κ1) is 22.3. The van der Waals surface area contributed by atoms with Crippen molar-refractivity contribution in [1.29, 1.82) is 0 Å². The van der Waals surface area contributed by atoms with Gasteiger partial charge in [-0.1, -0.05) is 6.07 Å². The van der Waals surface area contributed by atoms with E-state index in [0.717, 1.165) is 30.4 Å². The van der Waals surface area contributed by atoms with Crippen molar-refractivity contribution >= 4 is 41.8 Å². The van der Waals surface area contributed by atoms with Crippen LogP contribution in [-0.2, 0) is 11.3 Å². The number of carbonyl (C=O) groups excluding carboxylic acids is 1. The molecular formula is C17H29IN6O2. The number of guanidine groups is 1. The molecule has 8 nitrogen and oxygen atoms in total. The first-order valence-corrected chi connectivity index (χ1v) is 8.55. The number of nitrogens with one attached hydrogen (secondary N) is 1. The van der Waals surface area contributed by atoms with Crippen molar-refractivity contribution in [3.63, 3.8) is 0 Å². The Balaban J connectivity index is 0.00000338. The molecule has 9 heteroatoms. The average Bonchev–Trinajstić information content (AvgIpc) is 2.63. The minimum atomic E-state index is -0.240. The lowest BCUT2D eigenvalue weighted by Crippen LogP contribution is -2.53. The molecule has 0 atom stereocenters. The SMILES string of the molecule is CCOC(=O)N1CCN(C(=NC)NCc2cccnc2N(C)C)CC1.I. The van der Waals surface area contributed by atoms with E-state index in [9.17, 15) is 4.79 Å². The Hall–Kier alpha value is -1.78. The minimum absolute atomic E-state index is 0. The second-order valence-corrected chi connectivity index (χ2v) is 5.95. The number of hydrogen-bond acceptors (Lipinski definition) is 5. The van der Waals surface area contributed by atoms with Gasteiger partial charge in [-0.3, -0.25) is 4.99 Å². The molecule has 1 N–H and O–H groups in total. The van der Waals surface area contributed by atoms with Gasteiger partial charge in [-0.05, 0) is 13.0 Å². The Bertz CT molecular complexity index is 603. The molecule has 0 spiro atoms. The molecule has 1 aliphatic rings. The van der Waals surface area contributed by atoms with Crippen LogP contribution in [-0.4, -0.2) is 80.8 Å². The van der Waals surface area contributed by atoms with E-state index in [-0.39, 0.29) is 30.1 Å². The van der Waals surface area contributed by atoms with Crippen LogP contribution in [0.2, 0.25) is 0 Å². The summed E-state index contributed by atoms with van der Waals surface area (Å²) in [6.45, 7) is 5.59. The molecule has 1 aromatic heterocycles. The van der Waals surface area contributed by atoms with Gasteiger partial charge in [0.05, 0.1) is 6.61 Å². The van der Waals surface area contributed by atoms with Crippen molar-refractivity contribution < 1.29 is 9.53 Å².